The summed E-state index contributed by atoms with van der Waals surface area (Å²) in [6.07, 6.45) is 3.23. The molecule has 1 aromatic heterocycles. The van der Waals surface area contributed by atoms with E-state index >= 15 is 0 Å². The van der Waals surface area contributed by atoms with Gasteiger partial charge in [-0.15, -0.1) is 0 Å². The Labute approximate surface area is 231 Å². The largest absolute Gasteiger partial charge is 0.507 e. The van der Waals surface area contributed by atoms with Crippen molar-refractivity contribution < 1.29 is 28.6 Å². The summed E-state index contributed by atoms with van der Waals surface area (Å²) in [6, 6.07) is 22.6. The summed E-state index contributed by atoms with van der Waals surface area (Å²) in [5.74, 6) is -1.54. The number of amides is 1. The fraction of sp³-hybridized carbons (Fsp3) is 0.156. The zero-order valence-electron chi connectivity index (χ0n) is 21.8. The molecule has 1 fully saturated rings. The average molecular weight is 539 g/mol. The standard InChI is InChI=1S/C32H27FN2O5/c1-2-39-27-17-24(12-15-26(27)40-20-21-7-4-3-5-8-21)29-28(30(36)23-10-13-25(33)14-11-23)31(37)32(38)35(29)19-22-9-6-16-34-18-22/h3-18,29,36H,2,19-20H2,1H3. The number of pyridine rings is 1. The summed E-state index contributed by atoms with van der Waals surface area (Å²) >= 11 is 0. The van der Waals surface area contributed by atoms with E-state index in [1.165, 1.54) is 29.2 Å². The van der Waals surface area contributed by atoms with Crippen molar-refractivity contribution in [2.24, 2.45) is 0 Å². The van der Waals surface area contributed by atoms with Gasteiger partial charge in [-0.3, -0.25) is 14.6 Å². The van der Waals surface area contributed by atoms with E-state index in [2.05, 4.69) is 4.98 Å². The van der Waals surface area contributed by atoms with Crippen LogP contribution in [-0.4, -0.2) is 33.3 Å². The van der Waals surface area contributed by atoms with Gasteiger partial charge in [0.2, 0.25) is 0 Å². The number of hydrogen-bond donors (Lipinski definition) is 1. The second-order valence-corrected chi connectivity index (χ2v) is 9.21. The maximum absolute atomic E-state index is 13.6. The third-order valence-corrected chi connectivity index (χ3v) is 6.55. The Hall–Kier alpha value is -4.98. The summed E-state index contributed by atoms with van der Waals surface area (Å²) in [6.45, 7) is 2.61. The number of benzene rings is 3. The molecule has 7 nitrogen and oxygen atoms in total. The zero-order chi connectivity index (χ0) is 28.1. The van der Waals surface area contributed by atoms with Gasteiger partial charge in [0.15, 0.2) is 11.5 Å². The van der Waals surface area contributed by atoms with Crippen LogP contribution >= 0.6 is 0 Å². The number of rotatable bonds is 9. The minimum atomic E-state index is -0.937. The van der Waals surface area contributed by atoms with Gasteiger partial charge in [-0.05, 0) is 66.1 Å². The van der Waals surface area contributed by atoms with Gasteiger partial charge >= 0.3 is 0 Å². The Morgan fingerprint density at radius 2 is 1.68 bits per heavy atom. The van der Waals surface area contributed by atoms with Crippen LogP contribution in [0.3, 0.4) is 0 Å². The molecule has 1 saturated heterocycles. The second kappa shape index (κ2) is 11.8. The molecular weight excluding hydrogens is 511 g/mol. The Morgan fingerprint density at radius 3 is 2.38 bits per heavy atom. The molecule has 40 heavy (non-hydrogen) atoms. The van der Waals surface area contributed by atoms with Crippen LogP contribution in [0.4, 0.5) is 4.39 Å². The van der Waals surface area contributed by atoms with Crippen molar-refractivity contribution in [1.29, 1.82) is 0 Å². The molecule has 3 aromatic carbocycles. The molecule has 1 atom stereocenters. The van der Waals surface area contributed by atoms with Crippen LogP contribution < -0.4 is 9.47 Å². The van der Waals surface area contributed by atoms with Gasteiger partial charge in [-0.1, -0.05) is 42.5 Å². The van der Waals surface area contributed by atoms with Crippen molar-refractivity contribution in [3.05, 3.63) is 131 Å². The quantitative estimate of drug-likeness (QED) is 0.164. The lowest BCUT2D eigenvalue weighted by Crippen LogP contribution is -2.29. The Bertz CT molecular complexity index is 1540. The van der Waals surface area contributed by atoms with Crippen molar-refractivity contribution in [1.82, 2.24) is 9.88 Å². The fourth-order valence-electron chi connectivity index (χ4n) is 4.66. The normalized spacial score (nSPS) is 16.2. The number of likely N-dealkylation sites (tertiary alicyclic amines) is 1. The van der Waals surface area contributed by atoms with Gasteiger partial charge in [0, 0.05) is 24.5 Å². The van der Waals surface area contributed by atoms with E-state index in [0.29, 0.717) is 35.8 Å². The number of aliphatic hydroxyl groups excluding tert-OH is 1. The number of ether oxygens (including phenoxy) is 2. The highest BCUT2D eigenvalue weighted by molar-refractivity contribution is 6.46. The van der Waals surface area contributed by atoms with Crippen LogP contribution in [-0.2, 0) is 22.7 Å². The molecule has 1 amide bonds. The highest BCUT2D eigenvalue weighted by atomic mass is 19.1. The SMILES string of the molecule is CCOc1cc(C2C(=C(O)c3ccc(F)cc3)C(=O)C(=O)N2Cc2cccnc2)ccc1OCc1ccccc1. The molecule has 1 aliphatic heterocycles. The Morgan fingerprint density at radius 1 is 0.925 bits per heavy atom. The number of aliphatic hydroxyl groups is 1. The number of carbonyl (C=O) groups is 2. The molecule has 1 aliphatic rings. The topological polar surface area (TPSA) is 89.0 Å². The molecule has 0 bridgehead atoms. The van der Waals surface area contributed by atoms with E-state index in [4.69, 9.17) is 9.47 Å². The van der Waals surface area contributed by atoms with Crippen molar-refractivity contribution in [2.75, 3.05) is 6.61 Å². The van der Waals surface area contributed by atoms with E-state index in [1.807, 2.05) is 37.3 Å². The number of ketones is 1. The van der Waals surface area contributed by atoms with Crippen molar-refractivity contribution >= 4 is 17.4 Å². The van der Waals surface area contributed by atoms with Gasteiger partial charge in [0.05, 0.1) is 18.2 Å². The van der Waals surface area contributed by atoms with Crippen LogP contribution in [0.1, 0.15) is 35.2 Å². The molecule has 0 aliphatic carbocycles. The third-order valence-electron chi connectivity index (χ3n) is 6.55. The lowest BCUT2D eigenvalue weighted by atomic mass is 9.94. The number of aromatic nitrogens is 1. The molecule has 8 heteroatoms. The molecule has 4 aromatic rings. The highest BCUT2D eigenvalue weighted by Gasteiger charge is 2.46. The zero-order valence-corrected chi connectivity index (χ0v) is 21.8. The van der Waals surface area contributed by atoms with E-state index in [9.17, 15) is 19.1 Å². The molecule has 0 spiro atoms. The van der Waals surface area contributed by atoms with E-state index in [-0.39, 0.29) is 23.4 Å². The van der Waals surface area contributed by atoms with Crippen molar-refractivity contribution in [2.45, 2.75) is 26.1 Å². The second-order valence-electron chi connectivity index (χ2n) is 9.21. The molecule has 2 heterocycles. The Kier molecular flexibility index (Phi) is 7.87. The van der Waals surface area contributed by atoms with Crippen LogP contribution in [0.25, 0.3) is 5.76 Å². The molecule has 1 N–H and O–H groups in total. The average Bonchev–Trinajstić information content (AvgIpc) is 3.22. The van der Waals surface area contributed by atoms with Crippen LogP contribution in [0.5, 0.6) is 11.5 Å². The number of hydrogen-bond acceptors (Lipinski definition) is 6. The first-order valence-corrected chi connectivity index (χ1v) is 12.8. The van der Waals surface area contributed by atoms with Crippen LogP contribution in [0, 0.1) is 5.82 Å². The lowest BCUT2D eigenvalue weighted by Gasteiger charge is -2.26. The summed E-state index contributed by atoms with van der Waals surface area (Å²) in [5.41, 5.74) is 2.36. The first-order valence-electron chi connectivity index (χ1n) is 12.8. The predicted octanol–water partition coefficient (Wildman–Crippen LogP) is 5.82. The summed E-state index contributed by atoms with van der Waals surface area (Å²) in [4.78, 5) is 32.2. The smallest absolute Gasteiger partial charge is 0.295 e. The van der Waals surface area contributed by atoms with E-state index in [1.54, 1.807) is 42.7 Å². The minimum absolute atomic E-state index is 0.0828. The maximum Gasteiger partial charge on any atom is 0.295 e. The summed E-state index contributed by atoms with van der Waals surface area (Å²) < 4.78 is 25.5. The van der Waals surface area contributed by atoms with Crippen LogP contribution in [0.2, 0.25) is 0 Å². The number of halogens is 1. The highest BCUT2D eigenvalue weighted by Crippen LogP contribution is 2.43. The molecule has 1 unspecified atom stereocenters. The van der Waals surface area contributed by atoms with E-state index < -0.39 is 23.5 Å². The fourth-order valence-corrected chi connectivity index (χ4v) is 4.66. The molecule has 202 valence electrons. The third kappa shape index (κ3) is 5.56. The molecule has 5 rings (SSSR count). The first kappa shape index (κ1) is 26.6. The van der Waals surface area contributed by atoms with Crippen molar-refractivity contribution in [3.63, 3.8) is 0 Å². The molecule has 0 saturated carbocycles. The molecular formula is C32H27FN2O5. The molecule has 0 radical (unpaired) electrons. The summed E-state index contributed by atoms with van der Waals surface area (Å²) in [5, 5.41) is 11.2. The monoisotopic (exact) mass is 538 g/mol. The van der Waals surface area contributed by atoms with Gasteiger partial charge in [-0.25, -0.2) is 4.39 Å². The number of nitrogens with zero attached hydrogens (tertiary/aromatic N) is 2. The number of carbonyl (C=O) groups excluding carboxylic acids is 2. The summed E-state index contributed by atoms with van der Waals surface area (Å²) in [7, 11) is 0. The first-order chi connectivity index (χ1) is 19.5. The number of Topliss-reactive ketones (excluding diaryl/α,β-unsaturated/α-hetero) is 1. The maximum atomic E-state index is 13.6. The minimum Gasteiger partial charge on any atom is -0.507 e. The van der Waals surface area contributed by atoms with Crippen molar-refractivity contribution in [3.8, 4) is 11.5 Å². The van der Waals surface area contributed by atoms with Gasteiger partial charge in [0.25, 0.3) is 11.7 Å². The van der Waals surface area contributed by atoms with Gasteiger partial charge in [-0.2, -0.15) is 0 Å². The Balaban J connectivity index is 1.58. The lowest BCUT2D eigenvalue weighted by molar-refractivity contribution is -0.140. The van der Waals surface area contributed by atoms with Gasteiger partial charge < -0.3 is 19.5 Å². The van der Waals surface area contributed by atoms with Crippen LogP contribution in [0.15, 0.2) is 103 Å². The van der Waals surface area contributed by atoms with E-state index in [0.717, 1.165) is 5.56 Å². The van der Waals surface area contributed by atoms with Gasteiger partial charge in [0.1, 0.15) is 18.2 Å². The predicted molar refractivity (Wildman–Crippen MR) is 147 cm³/mol.